The summed E-state index contributed by atoms with van der Waals surface area (Å²) in [4.78, 5) is 189. The normalized spacial score (nSPS) is 26.3. The second-order valence-electron chi connectivity index (χ2n) is 28.8. The quantitative estimate of drug-likeness (QED) is 0.184. The Morgan fingerprint density at radius 2 is 1.29 bits per heavy atom. The van der Waals surface area contributed by atoms with Crippen molar-refractivity contribution in [3.8, 4) is 0 Å². The summed E-state index contributed by atoms with van der Waals surface area (Å²) in [5, 5.41) is 8.20. The van der Waals surface area contributed by atoms with E-state index in [1.165, 1.54) is 59.1 Å². The zero-order valence-electron chi connectivity index (χ0n) is 62.2. The maximum absolute atomic E-state index is 15.4. The minimum Gasteiger partial charge on any atom is -0.377 e. The van der Waals surface area contributed by atoms with Crippen LogP contribution in [0.2, 0.25) is 0 Å². The fourth-order valence-corrected chi connectivity index (χ4v) is 14.8. The number of hydrogen-bond donors (Lipinski definition) is 3. The Kier molecular flexibility index (Phi) is 28.5. The van der Waals surface area contributed by atoms with E-state index in [2.05, 4.69) is 16.0 Å². The van der Waals surface area contributed by atoms with E-state index in [-0.39, 0.29) is 63.8 Å². The molecule has 2 aromatic carbocycles. The molecule has 586 valence electrons. The highest BCUT2D eigenvalue weighted by molar-refractivity contribution is 6.01. The molecule has 12 amide bonds. The van der Waals surface area contributed by atoms with Crippen molar-refractivity contribution in [2.45, 2.75) is 203 Å². The summed E-state index contributed by atoms with van der Waals surface area (Å²) in [5.74, 6) is -15.2. The molecule has 1 spiro atoms. The van der Waals surface area contributed by atoms with Crippen LogP contribution in [0.25, 0.3) is 0 Å². The number of likely N-dealkylation sites (N-methyl/N-ethyl adjacent to an activating group) is 7. The summed E-state index contributed by atoms with van der Waals surface area (Å²) in [6, 6.07) is -7.29. The predicted octanol–water partition coefficient (Wildman–Crippen LogP) is 5.10. The Morgan fingerprint density at radius 3 is 1.85 bits per heavy atom. The Balaban J connectivity index is 1.34. The lowest BCUT2D eigenvalue weighted by atomic mass is 9.74. The van der Waals surface area contributed by atoms with Gasteiger partial charge in [-0.15, -0.1) is 0 Å². The molecule has 7 rings (SSSR count). The molecule has 2 saturated carbocycles. The molecular formula is C73H100F8N12O13. The van der Waals surface area contributed by atoms with Crippen molar-refractivity contribution >= 4 is 70.9 Å². The van der Waals surface area contributed by atoms with Crippen LogP contribution in [0.3, 0.4) is 0 Å². The average Bonchev–Trinajstić information content (AvgIpc) is 1.21. The number of rotatable bonds is 12. The first kappa shape index (κ1) is 84.5. The monoisotopic (exact) mass is 1500 g/mol. The molecular weight excluding hydrogens is 1400 g/mol. The van der Waals surface area contributed by atoms with Crippen molar-refractivity contribution in [2.24, 2.45) is 11.8 Å². The molecule has 33 heteroatoms. The highest BCUT2D eigenvalue weighted by Crippen LogP contribution is 2.40. The lowest BCUT2D eigenvalue weighted by molar-refractivity contribution is -0.157. The zero-order valence-corrected chi connectivity index (χ0v) is 62.2. The van der Waals surface area contributed by atoms with Gasteiger partial charge in [0.2, 0.25) is 70.9 Å². The van der Waals surface area contributed by atoms with Crippen LogP contribution in [0.15, 0.2) is 48.6 Å². The van der Waals surface area contributed by atoms with Crippen LogP contribution < -0.4 is 16.0 Å². The third-order valence-corrected chi connectivity index (χ3v) is 21.4. The molecule has 2 aliphatic carbocycles. The van der Waals surface area contributed by atoms with E-state index in [1.54, 1.807) is 39.8 Å². The third kappa shape index (κ3) is 19.7. The van der Waals surface area contributed by atoms with Crippen LogP contribution in [-0.4, -0.2) is 264 Å². The molecule has 5 aliphatic rings. The van der Waals surface area contributed by atoms with Gasteiger partial charge >= 0.3 is 12.4 Å². The number of hydrogen-bond acceptors (Lipinski definition) is 13. The number of amides is 12. The summed E-state index contributed by atoms with van der Waals surface area (Å²) < 4.78 is 120. The maximum atomic E-state index is 15.4. The van der Waals surface area contributed by atoms with Crippen molar-refractivity contribution in [3.63, 3.8) is 0 Å². The lowest BCUT2D eigenvalue weighted by Gasteiger charge is -2.46. The molecule has 0 radical (unpaired) electrons. The maximum Gasteiger partial charge on any atom is 0.422 e. The Morgan fingerprint density at radius 1 is 0.670 bits per heavy atom. The van der Waals surface area contributed by atoms with Gasteiger partial charge in [0.1, 0.15) is 71.1 Å². The highest BCUT2D eigenvalue weighted by Gasteiger charge is 2.54. The Labute approximate surface area is 612 Å². The molecule has 2 bridgehead atoms. The van der Waals surface area contributed by atoms with E-state index in [9.17, 15) is 55.1 Å². The molecule has 10 atom stereocenters. The lowest BCUT2D eigenvalue weighted by Crippen LogP contribution is -2.68. The summed E-state index contributed by atoms with van der Waals surface area (Å²) in [7, 11) is 10.6. The third-order valence-electron chi connectivity index (χ3n) is 21.4. The number of benzene rings is 2. The fraction of sp³-hybridized carbons (Fsp3) is 0.644. The summed E-state index contributed by atoms with van der Waals surface area (Å²) in [5.41, 5.74) is -5.25. The predicted molar refractivity (Wildman–Crippen MR) is 369 cm³/mol. The van der Waals surface area contributed by atoms with Crippen LogP contribution in [0.1, 0.15) is 140 Å². The number of nitrogens with zero attached hydrogens (tertiary/aromatic N) is 9. The van der Waals surface area contributed by atoms with E-state index < -0.39 is 222 Å². The zero-order chi connectivity index (χ0) is 78.8. The van der Waals surface area contributed by atoms with Crippen LogP contribution in [0.5, 0.6) is 0 Å². The van der Waals surface area contributed by atoms with Gasteiger partial charge in [0, 0.05) is 88.9 Å². The molecule has 3 aliphatic heterocycles. The fourth-order valence-electron chi connectivity index (χ4n) is 14.8. The second-order valence-corrected chi connectivity index (χ2v) is 28.8. The van der Waals surface area contributed by atoms with E-state index in [0.29, 0.717) is 50.7 Å². The Hall–Kier alpha value is -8.78. The van der Waals surface area contributed by atoms with Crippen molar-refractivity contribution in [1.82, 2.24) is 60.0 Å². The molecule has 0 aromatic heterocycles. The van der Waals surface area contributed by atoms with E-state index in [4.69, 9.17) is 4.74 Å². The molecule has 3 N–H and O–H groups in total. The SMILES string of the molecule is CCO[C@@H]1C[C@H]2C(=O)NC3(CCC3)C(=O)N(C)[C@@H](C3CCCC3)C(=O)N(C)[C@H](C(=O)N(C)C)CC(=O)N(C)[C@@H](CC)C(=O)N[C@@H]([C@@H](C)CC)C(=O)N(C)CC(=O)N(C)[C@H]3C/C=C\CCN(C3=O)[C@@H](Cc3ccc(C(F)(F)F)cc3)C(=O)N(C)CC(=O)N[C@@H](CCc3cc(F)c(C(F)(F)F)c(F)c3)C(=O)N2C1. The number of aryl methyl sites for hydroxylation is 1. The standard InChI is InChI=1S/C73H100F8N12O13/c1-13-42(4)60-68(103)87(8)41-58(96)89(10)52-24-17-16-20-33-92(67(52)102)55(36-43-25-28-46(29-26-43)72(76,77)78)66(101)86(7)40-56(94)82-50(30-27-44-34-48(74)59(49(75)35-44)73(79,80)81)64(99)93-39-47(106-15-3)37-53(93)63(98)84-71(31-21-32-71)70(105)91(12)61(45-22-18-19-23-45)69(104)90(11)54(65(100)85(5)6)38-57(95)88(9)51(14-2)62(97)83-60/h16-17,25-26,28-29,34-35,42,45,47,50-55,60-61H,13-15,18-24,27,30-33,36-41H2,1-12H3,(H,82,94)(H,83,97)(H,84,98)/b17-16-/t42-,47+,50-,51-,52-,53-,54-,55-,60-,61-/m0/s1. The average molecular weight is 1510 g/mol. The van der Waals surface area contributed by atoms with Gasteiger partial charge in [-0.3, -0.25) is 57.5 Å². The molecule has 4 fully saturated rings. The number of carbonyl (C=O) groups is 12. The van der Waals surface area contributed by atoms with Crippen LogP contribution >= 0.6 is 0 Å². The van der Waals surface area contributed by atoms with Crippen molar-refractivity contribution in [1.29, 1.82) is 0 Å². The van der Waals surface area contributed by atoms with Gasteiger partial charge in [0.05, 0.1) is 31.2 Å². The first-order valence-corrected chi connectivity index (χ1v) is 36.0. The summed E-state index contributed by atoms with van der Waals surface area (Å²) in [6.45, 7) is 4.51. The molecule has 2 saturated heterocycles. The number of alkyl halides is 6. The van der Waals surface area contributed by atoms with Gasteiger partial charge in [-0.05, 0) is 118 Å². The van der Waals surface area contributed by atoms with Crippen LogP contribution in [0, 0.1) is 23.5 Å². The molecule has 2 aromatic rings. The number of nitrogens with one attached hydrogen (secondary N) is 3. The molecule has 25 nitrogen and oxygen atoms in total. The number of carbonyl (C=O) groups excluding carboxylic acids is 12. The minimum absolute atomic E-state index is 0.0161. The van der Waals surface area contributed by atoms with Crippen LogP contribution in [-0.2, 0) is 87.5 Å². The molecule has 3 heterocycles. The second kappa shape index (κ2) is 35.7. The van der Waals surface area contributed by atoms with E-state index in [0.717, 1.165) is 65.6 Å². The smallest absolute Gasteiger partial charge is 0.377 e. The molecule has 106 heavy (non-hydrogen) atoms. The van der Waals surface area contributed by atoms with Crippen LogP contribution in [0.4, 0.5) is 35.1 Å². The number of fused-ring (bicyclic) bond motifs is 3. The summed E-state index contributed by atoms with van der Waals surface area (Å²) in [6.07, 6.45) is -7.49. The Bertz CT molecular complexity index is 3580. The van der Waals surface area contributed by atoms with E-state index in [1.807, 2.05) is 0 Å². The van der Waals surface area contributed by atoms with Crippen molar-refractivity contribution in [2.75, 3.05) is 89.2 Å². The van der Waals surface area contributed by atoms with Gasteiger partial charge in [-0.1, -0.05) is 64.3 Å². The van der Waals surface area contributed by atoms with Crippen molar-refractivity contribution < 1.29 is 97.4 Å². The van der Waals surface area contributed by atoms with E-state index >= 15 is 37.5 Å². The molecule has 0 unspecified atom stereocenters. The first-order chi connectivity index (χ1) is 49.7. The van der Waals surface area contributed by atoms with Crippen molar-refractivity contribution in [3.05, 3.63) is 82.4 Å². The van der Waals surface area contributed by atoms with Gasteiger partial charge < -0.3 is 64.8 Å². The minimum atomic E-state index is -5.46. The van der Waals surface area contributed by atoms with Gasteiger partial charge in [0.25, 0.3) is 0 Å². The largest absolute Gasteiger partial charge is 0.422 e. The van der Waals surface area contributed by atoms with Gasteiger partial charge in [0.15, 0.2) is 0 Å². The number of ether oxygens (including phenoxy) is 1. The first-order valence-electron chi connectivity index (χ1n) is 36.0. The number of halogens is 8. The topological polar surface area (TPSA) is 279 Å². The summed E-state index contributed by atoms with van der Waals surface area (Å²) >= 11 is 0. The van der Waals surface area contributed by atoms with Gasteiger partial charge in [-0.25, -0.2) is 8.78 Å². The highest BCUT2D eigenvalue weighted by atomic mass is 19.4. The van der Waals surface area contributed by atoms with Gasteiger partial charge in [-0.2, -0.15) is 26.3 Å².